The Bertz CT molecular complexity index is 684. The lowest BCUT2D eigenvalue weighted by Crippen LogP contribution is -2.16. The molecule has 2 aromatic rings. The molecule has 2 rings (SSSR count). The van der Waals surface area contributed by atoms with Gasteiger partial charge < -0.3 is 0 Å². The zero-order valence-electron chi connectivity index (χ0n) is 12.9. The van der Waals surface area contributed by atoms with Crippen LogP contribution in [0.15, 0.2) is 65.6 Å². The molecule has 5 heteroatoms. The zero-order chi connectivity index (χ0) is 16.1. The molecule has 0 amide bonds. The van der Waals surface area contributed by atoms with Gasteiger partial charge in [0.15, 0.2) is 0 Å². The first-order valence-corrected chi connectivity index (χ1v) is 11.0. The number of hydrogen-bond donors (Lipinski definition) is 0. The molecule has 0 N–H and O–H groups in total. The van der Waals surface area contributed by atoms with Crippen molar-refractivity contribution in [2.45, 2.75) is 24.0 Å². The molecule has 1 atom stereocenters. The Hall–Kier alpha value is -1.30. The molecule has 0 radical (unpaired) electrons. The van der Waals surface area contributed by atoms with Gasteiger partial charge in [-0.05, 0) is 30.4 Å². The van der Waals surface area contributed by atoms with Crippen molar-refractivity contribution in [1.82, 2.24) is 0 Å². The second kappa shape index (κ2) is 7.31. The average Bonchev–Trinajstić information content (AvgIpc) is 2.48. The molecule has 0 heterocycles. The minimum Gasteiger partial charge on any atom is -0.216 e. The highest BCUT2D eigenvalue weighted by Gasteiger charge is 2.28. The fraction of sp³-hybridized carbons (Fsp3) is 0.294. The molecule has 0 fully saturated rings. The number of hydrogen-bond acceptors (Lipinski definition) is 3. The first kappa shape index (κ1) is 17.1. The van der Waals surface area contributed by atoms with Gasteiger partial charge >= 0.3 is 0 Å². The molecular formula is C17H22O3S2. The van der Waals surface area contributed by atoms with Crippen LogP contribution < -0.4 is 0 Å². The molecule has 0 saturated heterocycles. The molecule has 1 unspecified atom stereocenters. The van der Waals surface area contributed by atoms with Crippen LogP contribution in [0.1, 0.15) is 18.9 Å². The van der Waals surface area contributed by atoms with Gasteiger partial charge in [-0.15, -0.1) is 0 Å². The third-order valence-electron chi connectivity index (χ3n) is 3.23. The second-order valence-corrected chi connectivity index (χ2v) is 10.1. The van der Waals surface area contributed by atoms with Crippen LogP contribution in [-0.4, -0.2) is 20.4 Å². The minimum atomic E-state index is -3.52. The Kier molecular flexibility index (Phi) is 5.67. The lowest BCUT2D eigenvalue weighted by atomic mass is 10.2. The summed E-state index contributed by atoms with van der Waals surface area (Å²) in [4.78, 5) is 0.943. The van der Waals surface area contributed by atoms with E-state index >= 15 is 0 Å². The van der Waals surface area contributed by atoms with E-state index in [9.17, 15) is 8.42 Å². The van der Waals surface area contributed by atoms with Gasteiger partial charge in [-0.25, -0.2) is 3.63 Å². The SMILES string of the molecule is CCCS(=O)(=O)OS(C)(Cc1ccccc1)c1ccccc1. The first-order chi connectivity index (χ1) is 10.5. The highest BCUT2D eigenvalue weighted by atomic mass is 32.3. The normalized spacial score (nSPS) is 15.9. The van der Waals surface area contributed by atoms with Crippen molar-refractivity contribution in [2.24, 2.45) is 0 Å². The van der Waals surface area contributed by atoms with E-state index in [-0.39, 0.29) is 5.75 Å². The Balaban J connectivity index is 2.36. The molecular weight excluding hydrogens is 316 g/mol. The summed E-state index contributed by atoms with van der Waals surface area (Å²) in [5.41, 5.74) is 1.08. The maximum atomic E-state index is 12.2. The number of benzene rings is 2. The molecule has 0 bridgehead atoms. The second-order valence-electron chi connectivity index (χ2n) is 5.28. The van der Waals surface area contributed by atoms with Crippen LogP contribution in [0.4, 0.5) is 0 Å². The van der Waals surface area contributed by atoms with Crippen LogP contribution in [0.25, 0.3) is 0 Å². The van der Waals surface area contributed by atoms with Gasteiger partial charge in [-0.3, -0.25) is 0 Å². The lowest BCUT2D eigenvalue weighted by molar-refractivity contribution is 0.508. The van der Waals surface area contributed by atoms with Crippen molar-refractivity contribution in [3.63, 3.8) is 0 Å². The minimum absolute atomic E-state index is 0.0528. The highest BCUT2D eigenvalue weighted by Crippen LogP contribution is 2.57. The molecule has 2 aromatic carbocycles. The van der Waals surface area contributed by atoms with Crippen LogP contribution in [0.3, 0.4) is 0 Å². The van der Waals surface area contributed by atoms with E-state index in [1.54, 1.807) is 0 Å². The van der Waals surface area contributed by atoms with Gasteiger partial charge in [0.1, 0.15) is 0 Å². The van der Waals surface area contributed by atoms with Gasteiger partial charge in [0.25, 0.3) is 10.1 Å². The van der Waals surface area contributed by atoms with Gasteiger partial charge in [0, 0.05) is 10.6 Å². The van der Waals surface area contributed by atoms with E-state index in [1.807, 2.05) is 73.8 Å². The summed E-state index contributed by atoms with van der Waals surface area (Å²) >= 11 is 0. The fourth-order valence-corrected chi connectivity index (χ4v) is 7.10. The molecule has 0 aliphatic carbocycles. The van der Waals surface area contributed by atoms with Crippen LogP contribution in [0.2, 0.25) is 0 Å². The summed E-state index contributed by atoms with van der Waals surface area (Å²) in [6.07, 6.45) is 2.47. The van der Waals surface area contributed by atoms with E-state index in [2.05, 4.69) is 0 Å². The molecule has 0 spiro atoms. The smallest absolute Gasteiger partial charge is 0.216 e. The molecule has 3 nitrogen and oxygen atoms in total. The lowest BCUT2D eigenvalue weighted by Gasteiger charge is -2.35. The standard InChI is InChI=1S/C17H22O3S2/c1-3-14-22(18,19)20-21(2,17-12-8-5-9-13-17)15-16-10-6-4-7-11-16/h4-13H,3,14-15H2,1-2H3. The zero-order valence-corrected chi connectivity index (χ0v) is 14.6. The highest BCUT2D eigenvalue weighted by molar-refractivity contribution is 8.31. The molecule has 0 aliphatic rings. The van der Waals surface area contributed by atoms with E-state index < -0.39 is 20.4 Å². The number of rotatable bonds is 7. The summed E-state index contributed by atoms with van der Waals surface area (Å²) in [7, 11) is -5.46. The van der Waals surface area contributed by atoms with Crippen molar-refractivity contribution in [1.29, 1.82) is 0 Å². The van der Waals surface area contributed by atoms with Gasteiger partial charge in [0.2, 0.25) is 0 Å². The predicted molar refractivity (Wildman–Crippen MR) is 93.5 cm³/mol. The predicted octanol–water partition coefficient (Wildman–Crippen LogP) is 4.35. The van der Waals surface area contributed by atoms with Crippen molar-refractivity contribution in [2.75, 3.05) is 12.0 Å². The summed E-state index contributed by atoms with van der Waals surface area (Å²) in [5, 5.41) is 0. The van der Waals surface area contributed by atoms with Crippen molar-refractivity contribution < 1.29 is 12.0 Å². The third kappa shape index (κ3) is 4.60. The van der Waals surface area contributed by atoms with Gasteiger partial charge in [0.05, 0.1) is 5.75 Å². The summed E-state index contributed by atoms with van der Waals surface area (Å²) in [5.74, 6) is 0.637. The Morgan fingerprint density at radius 1 is 0.909 bits per heavy atom. The van der Waals surface area contributed by atoms with Crippen molar-refractivity contribution in [3.05, 3.63) is 66.2 Å². The molecule has 0 aromatic heterocycles. The Morgan fingerprint density at radius 3 is 2.00 bits per heavy atom. The topological polar surface area (TPSA) is 43.4 Å². The quantitative estimate of drug-likeness (QED) is 0.754. The Morgan fingerprint density at radius 2 is 1.45 bits per heavy atom. The average molecular weight is 338 g/mol. The maximum absolute atomic E-state index is 12.2. The van der Waals surface area contributed by atoms with E-state index in [0.29, 0.717) is 12.2 Å². The summed E-state index contributed by atoms with van der Waals surface area (Å²) in [6.45, 7) is 1.84. The fourth-order valence-electron chi connectivity index (χ4n) is 2.26. The van der Waals surface area contributed by atoms with Crippen LogP contribution in [-0.2, 0) is 19.5 Å². The Labute approximate surface area is 135 Å². The molecule has 22 heavy (non-hydrogen) atoms. The monoisotopic (exact) mass is 338 g/mol. The van der Waals surface area contributed by atoms with Crippen LogP contribution in [0, 0.1) is 0 Å². The van der Waals surface area contributed by atoms with Gasteiger partial charge in [-0.1, -0.05) is 65.8 Å². The van der Waals surface area contributed by atoms with E-state index in [0.717, 1.165) is 10.5 Å². The van der Waals surface area contributed by atoms with Crippen LogP contribution in [0.5, 0.6) is 0 Å². The van der Waals surface area contributed by atoms with Crippen molar-refractivity contribution in [3.8, 4) is 0 Å². The van der Waals surface area contributed by atoms with Crippen LogP contribution >= 0.6 is 10.3 Å². The van der Waals surface area contributed by atoms with Gasteiger partial charge in [-0.2, -0.15) is 8.42 Å². The summed E-state index contributed by atoms with van der Waals surface area (Å²) in [6, 6.07) is 19.5. The molecule has 0 aliphatic heterocycles. The molecule has 0 saturated carbocycles. The maximum Gasteiger partial charge on any atom is 0.276 e. The molecule has 120 valence electrons. The first-order valence-electron chi connectivity index (χ1n) is 7.24. The van der Waals surface area contributed by atoms with E-state index in [4.69, 9.17) is 3.63 Å². The summed E-state index contributed by atoms with van der Waals surface area (Å²) < 4.78 is 30.1. The van der Waals surface area contributed by atoms with Crippen molar-refractivity contribution >= 4 is 20.4 Å². The third-order valence-corrected chi connectivity index (χ3v) is 8.33. The largest absolute Gasteiger partial charge is 0.276 e. The van der Waals surface area contributed by atoms with E-state index in [1.165, 1.54) is 0 Å².